The highest BCUT2D eigenvalue weighted by Crippen LogP contribution is 2.30. The molecule has 2 aliphatic heterocycles. The van der Waals surface area contributed by atoms with Crippen LogP contribution in [-0.2, 0) is 4.74 Å². The van der Waals surface area contributed by atoms with Crippen LogP contribution in [0.5, 0.6) is 11.5 Å². The predicted octanol–water partition coefficient (Wildman–Crippen LogP) is 1.16. The number of nitrogens with zero attached hydrogens (tertiary/aromatic N) is 1. The second kappa shape index (κ2) is 4.94. The molecule has 4 nitrogen and oxygen atoms in total. The van der Waals surface area contributed by atoms with Gasteiger partial charge in [-0.05, 0) is 12.1 Å². The molecule has 0 spiro atoms. The lowest BCUT2D eigenvalue weighted by molar-refractivity contribution is 0.00314. The van der Waals surface area contributed by atoms with Gasteiger partial charge in [-0.25, -0.2) is 0 Å². The van der Waals surface area contributed by atoms with Gasteiger partial charge in [-0.3, -0.25) is 4.90 Å². The monoisotopic (exact) mass is 235 g/mol. The zero-order chi connectivity index (χ0) is 11.5. The first kappa shape index (κ1) is 10.9. The summed E-state index contributed by atoms with van der Waals surface area (Å²) in [6, 6.07) is 7.84. The quantitative estimate of drug-likeness (QED) is 0.769. The van der Waals surface area contributed by atoms with Gasteiger partial charge in [-0.15, -0.1) is 0 Å². The molecule has 92 valence electrons. The molecule has 1 aromatic carbocycles. The van der Waals surface area contributed by atoms with Crippen LogP contribution in [0.1, 0.15) is 0 Å². The molecule has 0 bridgehead atoms. The van der Waals surface area contributed by atoms with Crippen molar-refractivity contribution in [3.63, 3.8) is 0 Å². The summed E-state index contributed by atoms with van der Waals surface area (Å²) in [5.74, 6) is 1.71. The number of fused-ring (bicyclic) bond motifs is 1. The summed E-state index contributed by atoms with van der Waals surface area (Å²) in [5.41, 5.74) is 0. The summed E-state index contributed by atoms with van der Waals surface area (Å²) in [4.78, 5) is 2.37. The molecule has 0 aliphatic carbocycles. The van der Waals surface area contributed by atoms with Crippen LogP contribution in [0, 0.1) is 0 Å². The summed E-state index contributed by atoms with van der Waals surface area (Å²) in [6.45, 7) is 5.17. The van der Waals surface area contributed by atoms with E-state index in [0.29, 0.717) is 6.61 Å². The van der Waals surface area contributed by atoms with Gasteiger partial charge in [0.25, 0.3) is 0 Å². The van der Waals surface area contributed by atoms with Crippen molar-refractivity contribution in [2.75, 3.05) is 39.5 Å². The molecule has 2 aliphatic rings. The second-order valence-corrected chi connectivity index (χ2v) is 4.41. The summed E-state index contributed by atoms with van der Waals surface area (Å²) >= 11 is 0. The lowest BCUT2D eigenvalue weighted by Gasteiger charge is -2.33. The van der Waals surface area contributed by atoms with Crippen molar-refractivity contribution in [2.24, 2.45) is 0 Å². The van der Waals surface area contributed by atoms with Gasteiger partial charge in [-0.2, -0.15) is 0 Å². The first-order valence-electron chi connectivity index (χ1n) is 6.10. The van der Waals surface area contributed by atoms with Gasteiger partial charge in [0.15, 0.2) is 11.5 Å². The molecule has 0 aromatic heterocycles. The zero-order valence-corrected chi connectivity index (χ0v) is 9.80. The number of morpholine rings is 1. The molecule has 3 rings (SSSR count). The third-order valence-corrected chi connectivity index (χ3v) is 3.13. The van der Waals surface area contributed by atoms with Crippen molar-refractivity contribution in [3.05, 3.63) is 24.3 Å². The van der Waals surface area contributed by atoms with E-state index in [9.17, 15) is 0 Å². The smallest absolute Gasteiger partial charge is 0.161 e. The maximum absolute atomic E-state index is 5.93. The minimum atomic E-state index is 0.128. The van der Waals surface area contributed by atoms with Crippen molar-refractivity contribution < 1.29 is 14.2 Å². The van der Waals surface area contributed by atoms with Crippen LogP contribution >= 0.6 is 0 Å². The maximum atomic E-state index is 5.93. The van der Waals surface area contributed by atoms with E-state index in [1.807, 2.05) is 24.3 Å². The first-order valence-corrected chi connectivity index (χ1v) is 6.10. The number of hydrogen-bond acceptors (Lipinski definition) is 4. The molecule has 17 heavy (non-hydrogen) atoms. The largest absolute Gasteiger partial charge is 0.486 e. The fourth-order valence-electron chi connectivity index (χ4n) is 2.22. The van der Waals surface area contributed by atoms with Gasteiger partial charge in [0, 0.05) is 19.6 Å². The SMILES string of the molecule is c1ccc2c(c1)OC[C@H](CN1CCOCC1)O2. The van der Waals surface area contributed by atoms with Gasteiger partial charge in [0.2, 0.25) is 0 Å². The molecule has 1 aromatic rings. The summed E-state index contributed by atoms with van der Waals surface area (Å²) in [5, 5.41) is 0. The lowest BCUT2D eigenvalue weighted by atomic mass is 10.2. The third kappa shape index (κ3) is 2.53. The van der Waals surface area contributed by atoms with E-state index >= 15 is 0 Å². The van der Waals surface area contributed by atoms with Crippen molar-refractivity contribution in [1.29, 1.82) is 0 Å². The molecule has 1 saturated heterocycles. The third-order valence-electron chi connectivity index (χ3n) is 3.13. The van der Waals surface area contributed by atoms with Gasteiger partial charge in [0.1, 0.15) is 12.7 Å². The topological polar surface area (TPSA) is 30.9 Å². The molecule has 1 fully saturated rings. The Morgan fingerprint density at radius 2 is 1.88 bits per heavy atom. The summed E-state index contributed by atoms with van der Waals surface area (Å²) < 4.78 is 17.0. The maximum Gasteiger partial charge on any atom is 0.161 e. The van der Waals surface area contributed by atoms with Crippen LogP contribution in [0.25, 0.3) is 0 Å². The zero-order valence-electron chi connectivity index (χ0n) is 9.80. The fraction of sp³-hybridized carbons (Fsp3) is 0.538. The molecule has 0 unspecified atom stereocenters. The highest BCUT2D eigenvalue weighted by molar-refractivity contribution is 5.40. The molecule has 0 radical (unpaired) electrons. The van der Waals surface area contributed by atoms with Crippen molar-refractivity contribution in [3.8, 4) is 11.5 Å². The summed E-state index contributed by atoms with van der Waals surface area (Å²) in [6.07, 6.45) is 0.128. The van der Waals surface area contributed by atoms with E-state index in [2.05, 4.69) is 4.90 Å². The van der Waals surface area contributed by atoms with Gasteiger partial charge in [0.05, 0.1) is 13.2 Å². The van der Waals surface area contributed by atoms with E-state index in [1.54, 1.807) is 0 Å². The standard InChI is InChI=1S/C13H17NO3/c1-2-4-13-12(3-1)16-10-11(17-13)9-14-5-7-15-8-6-14/h1-4,11H,5-10H2/t11-/m0/s1. The number of ether oxygens (including phenoxy) is 3. The minimum absolute atomic E-state index is 0.128. The van der Waals surface area contributed by atoms with Crippen LogP contribution in [0.3, 0.4) is 0 Å². The van der Waals surface area contributed by atoms with Gasteiger partial charge < -0.3 is 14.2 Å². The molecular formula is C13H17NO3. The minimum Gasteiger partial charge on any atom is -0.486 e. The Balaban J connectivity index is 1.60. The highest BCUT2D eigenvalue weighted by Gasteiger charge is 2.23. The second-order valence-electron chi connectivity index (χ2n) is 4.41. The number of rotatable bonds is 2. The van der Waals surface area contributed by atoms with Crippen LogP contribution < -0.4 is 9.47 Å². The van der Waals surface area contributed by atoms with E-state index in [1.165, 1.54) is 0 Å². The molecule has 0 amide bonds. The van der Waals surface area contributed by atoms with E-state index in [-0.39, 0.29) is 6.10 Å². The number of benzene rings is 1. The molecule has 0 saturated carbocycles. The van der Waals surface area contributed by atoms with Crippen LogP contribution in [0.15, 0.2) is 24.3 Å². The Morgan fingerprint density at radius 3 is 2.71 bits per heavy atom. The average Bonchev–Trinajstić information content (AvgIpc) is 2.40. The molecule has 2 heterocycles. The Kier molecular flexibility index (Phi) is 3.16. The van der Waals surface area contributed by atoms with Crippen molar-refractivity contribution >= 4 is 0 Å². The fourth-order valence-corrected chi connectivity index (χ4v) is 2.22. The first-order chi connectivity index (χ1) is 8.42. The van der Waals surface area contributed by atoms with Crippen molar-refractivity contribution in [2.45, 2.75) is 6.10 Å². The van der Waals surface area contributed by atoms with Crippen LogP contribution in [-0.4, -0.2) is 50.5 Å². The normalized spacial score (nSPS) is 24.6. The molecular weight excluding hydrogens is 218 g/mol. The summed E-state index contributed by atoms with van der Waals surface area (Å²) in [7, 11) is 0. The molecule has 0 N–H and O–H groups in total. The Morgan fingerprint density at radius 1 is 1.12 bits per heavy atom. The van der Waals surface area contributed by atoms with E-state index in [0.717, 1.165) is 44.3 Å². The lowest BCUT2D eigenvalue weighted by Crippen LogP contribution is -2.45. The molecule has 4 heteroatoms. The Bertz CT molecular complexity index is 377. The highest BCUT2D eigenvalue weighted by atomic mass is 16.6. The number of para-hydroxylation sites is 2. The van der Waals surface area contributed by atoms with Crippen LogP contribution in [0.2, 0.25) is 0 Å². The van der Waals surface area contributed by atoms with Crippen LogP contribution in [0.4, 0.5) is 0 Å². The van der Waals surface area contributed by atoms with E-state index < -0.39 is 0 Å². The van der Waals surface area contributed by atoms with Crippen molar-refractivity contribution in [1.82, 2.24) is 4.90 Å². The number of hydrogen-bond donors (Lipinski definition) is 0. The average molecular weight is 235 g/mol. The van der Waals surface area contributed by atoms with E-state index in [4.69, 9.17) is 14.2 Å². The Labute approximate surface area is 101 Å². The molecule has 1 atom stereocenters. The van der Waals surface area contributed by atoms with Gasteiger partial charge in [-0.1, -0.05) is 12.1 Å². The Hall–Kier alpha value is -1.26. The predicted molar refractivity (Wildman–Crippen MR) is 63.6 cm³/mol. The van der Waals surface area contributed by atoms with Gasteiger partial charge >= 0.3 is 0 Å².